The summed E-state index contributed by atoms with van der Waals surface area (Å²) in [6.45, 7) is 3.95. The molecule has 2 aliphatic heterocycles. The lowest BCUT2D eigenvalue weighted by Crippen LogP contribution is -2.61. The van der Waals surface area contributed by atoms with Gasteiger partial charge in [-0.2, -0.15) is 0 Å². The number of piperazine rings is 1. The molecule has 0 radical (unpaired) electrons. The van der Waals surface area contributed by atoms with Crippen LogP contribution in [-0.4, -0.2) is 55.3 Å². The summed E-state index contributed by atoms with van der Waals surface area (Å²) >= 11 is 0. The van der Waals surface area contributed by atoms with Crippen LogP contribution in [0.3, 0.4) is 0 Å². The molecule has 19 heavy (non-hydrogen) atoms. The van der Waals surface area contributed by atoms with E-state index in [0.717, 1.165) is 0 Å². The second-order valence-electron chi connectivity index (χ2n) is 5.77. The number of amides is 2. The van der Waals surface area contributed by atoms with Gasteiger partial charge in [0.25, 0.3) is 0 Å². The van der Waals surface area contributed by atoms with Crippen LogP contribution in [0.4, 0.5) is 0 Å². The molecular weight excluding hydrogens is 268 g/mol. The molecule has 2 unspecified atom stereocenters. The number of nitrogens with one attached hydrogen (secondary N) is 1. The Kier molecular flexibility index (Phi) is 3.85. The van der Waals surface area contributed by atoms with E-state index >= 15 is 0 Å². The Morgan fingerprint density at radius 2 is 2.05 bits per heavy atom. The van der Waals surface area contributed by atoms with Crippen molar-refractivity contribution in [3.63, 3.8) is 0 Å². The molecule has 0 aromatic carbocycles. The highest BCUT2D eigenvalue weighted by Gasteiger charge is 2.41. The van der Waals surface area contributed by atoms with Crippen molar-refractivity contribution >= 4 is 21.7 Å². The molecule has 0 aromatic heterocycles. The van der Waals surface area contributed by atoms with Crippen LogP contribution in [0.2, 0.25) is 0 Å². The molecular formula is C12H20N2O4S. The zero-order valence-corrected chi connectivity index (χ0v) is 12.1. The molecule has 108 valence electrons. The molecule has 2 saturated heterocycles. The zero-order chi connectivity index (χ0) is 14.2. The Hall–Kier alpha value is -1.11. The molecule has 7 heteroatoms. The van der Waals surface area contributed by atoms with E-state index in [0.29, 0.717) is 18.8 Å². The highest BCUT2D eigenvalue weighted by molar-refractivity contribution is 7.91. The maximum Gasteiger partial charge on any atom is 0.245 e. The summed E-state index contributed by atoms with van der Waals surface area (Å²) in [6, 6.07) is -0.845. The second-order valence-corrected chi connectivity index (χ2v) is 8.00. The fourth-order valence-electron chi connectivity index (χ4n) is 2.70. The summed E-state index contributed by atoms with van der Waals surface area (Å²) in [5, 5.41) is 2.69. The van der Waals surface area contributed by atoms with E-state index in [1.54, 1.807) is 0 Å². The minimum atomic E-state index is -3.05. The molecule has 0 bridgehead atoms. The molecule has 2 heterocycles. The molecule has 1 N–H and O–H groups in total. The molecule has 0 spiro atoms. The Balaban J connectivity index is 2.12. The largest absolute Gasteiger partial charge is 0.343 e. The van der Waals surface area contributed by atoms with E-state index in [2.05, 4.69) is 5.32 Å². The van der Waals surface area contributed by atoms with Gasteiger partial charge in [-0.15, -0.1) is 0 Å². The van der Waals surface area contributed by atoms with Crippen molar-refractivity contribution in [2.45, 2.75) is 38.8 Å². The van der Waals surface area contributed by atoms with Crippen LogP contribution >= 0.6 is 0 Å². The van der Waals surface area contributed by atoms with Crippen LogP contribution in [-0.2, 0) is 19.4 Å². The number of nitrogens with zero attached hydrogens (tertiary/aromatic N) is 1. The zero-order valence-electron chi connectivity index (χ0n) is 11.3. The minimum absolute atomic E-state index is 0.0135. The number of hydrogen-bond donors (Lipinski definition) is 1. The van der Waals surface area contributed by atoms with Gasteiger partial charge in [0.2, 0.25) is 11.8 Å². The molecule has 2 atom stereocenters. The highest BCUT2D eigenvalue weighted by atomic mass is 32.2. The molecule has 0 saturated carbocycles. The van der Waals surface area contributed by atoms with E-state index in [-0.39, 0.29) is 35.9 Å². The standard InChI is InChI=1S/C12H20N2O4S/c1-8(2)5-10-12(16)14(6-11(15)13-10)9-3-4-19(17,18)7-9/h8-10H,3-7H2,1-2H3,(H,13,15). The molecule has 2 fully saturated rings. The van der Waals surface area contributed by atoms with Crippen LogP contribution in [0.15, 0.2) is 0 Å². The van der Waals surface area contributed by atoms with Gasteiger partial charge in [-0.05, 0) is 18.8 Å². The first kappa shape index (κ1) is 14.3. The Bertz CT molecular complexity index is 486. The van der Waals surface area contributed by atoms with Crippen LogP contribution in [0.5, 0.6) is 0 Å². The average Bonchev–Trinajstić information content (AvgIpc) is 2.63. The molecule has 2 amide bonds. The van der Waals surface area contributed by atoms with E-state index in [9.17, 15) is 18.0 Å². The lowest BCUT2D eigenvalue weighted by molar-refractivity contribution is -0.146. The lowest BCUT2D eigenvalue weighted by Gasteiger charge is -2.36. The first-order valence-electron chi connectivity index (χ1n) is 6.59. The van der Waals surface area contributed by atoms with Crippen molar-refractivity contribution in [1.29, 1.82) is 0 Å². The first-order valence-corrected chi connectivity index (χ1v) is 8.41. The van der Waals surface area contributed by atoms with Crippen LogP contribution in [0.25, 0.3) is 0 Å². The van der Waals surface area contributed by atoms with Gasteiger partial charge in [0.1, 0.15) is 6.04 Å². The van der Waals surface area contributed by atoms with E-state index in [1.807, 2.05) is 13.8 Å². The number of carbonyl (C=O) groups excluding carboxylic acids is 2. The monoisotopic (exact) mass is 288 g/mol. The first-order chi connectivity index (χ1) is 8.78. The van der Waals surface area contributed by atoms with Crippen molar-refractivity contribution in [3.05, 3.63) is 0 Å². The summed E-state index contributed by atoms with van der Waals surface area (Å²) in [6.07, 6.45) is 1.02. The van der Waals surface area contributed by atoms with Gasteiger partial charge in [-0.1, -0.05) is 13.8 Å². The predicted octanol–water partition coefficient (Wildman–Crippen LogP) is -0.453. The van der Waals surface area contributed by atoms with Crippen molar-refractivity contribution in [2.24, 2.45) is 5.92 Å². The summed E-state index contributed by atoms with van der Waals surface area (Å²) in [7, 11) is -3.05. The number of rotatable bonds is 3. The van der Waals surface area contributed by atoms with E-state index in [4.69, 9.17) is 0 Å². The quantitative estimate of drug-likeness (QED) is 0.762. The van der Waals surface area contributed by atoms with Crippen molar-refractivity contribution in [2.75, 3.05) is 18.1 Å². The van der Waals surface area contributed by atoms with Gasteiger partial charge in [0.05, 0.1) is 18.1 Å². The number of hydrogen-bond acceptors (Lipinski definition) is 4. The summed E-state index contributed by atoms with van der Waals surface area (Å²) in [4.78, 5) is 25.5. The highest BCUT2D eigenvalue weighted by Crippen LogP contribution is 2.21. The SMILES string of the molecule is CC(C)CC1NC(=O)CN(C2CCS(=O)(=O)C2)C1=O. The van der Waals surface area contributed by atoms with Gasteiger partial charge < -0.3 is 10.2 Å². The van der Waals surface area contributed by atoms with Gasteiger partial charge in [0.15, 0.2) is 9.84 Å². The van der Waals surface area contributed by atoms with Crippen molar-refractivity contribution in [1.82, 2.24) is 10.2 Å². The Morgan fingerprint density at radius 3 is 2.58 bits per heavy atom. The van der Waals surface area contributed by atoms with Crippen molar-refractivity contribution in [3.8, 4) is 0 Å². The maximum atomic E-state index is 12.3. The Morgan fingerprint density at radius 1 is 1.37 bits per heavy atom. The van der Waals surface area contributed by atoms with Crippen LogP contribution in [0, 0.1) is 5.92 Å². The summed E-state index contributed by atoms with van der Waals surface area (Å²) in [5.74, 6) is 0.0460. The fourth-order valence-corrected chi connectivity index (χ4v) is 4.43. The Labute approximate surface area is 113 Å². The van der Waals surface area contributed by atoms with Gasteiger partial charge >= 0.3 is 0 Å². The van der Waals surface area contributed by atoms with E-state index < -0.39 is 15.9 Å². The topological polar surface area (TPSA) is 83.6 Å². The maximum absolute atomic E-state index is 12.3. The van der Waals surface area contributed by atoms with Gasteiger partial charge in [-0.3, -0.25) is 9.59 Å². The summed E-state index contributed by atoms with van der Waals surface area (Å²) < 4.78 is 23.0. The van der Waals surface area contributed by atoms with Gasteiger partial charge in [0, 0.05) is 6.04 Å². The molecule has 0 aromatic rings. The smallest absolute Gasteiger partial charge is 0.245 e. The van der Waals surface area contributed by atoms with E-state index in [1.165, 1.54) is 4.90 Å². The molecule has 2 rings (SSSR count). The normalized spacial score (nSPS) is 30.8. The molecule has 0 aliphatic carbocycles. The average molecular weight is 288 g/mol. The third kappa shape index (κ3) is 3.26. The summed E-state index contributed by atoms with van der Waals surface area (Å²) in [5.41, 5.74) is 0. The lowest BCUT2D eigenvalue weighted by atomic mass is 10.00. The molecule has 2 aliphatic rings. The molecule has 6 nitrogen and oxygen atoms in total. The predicted molar refractivity (Wildman–Crippen MR) is 70.2 cm³/mol. The van der Waals surface area contributed by atoms with Gasteiger partial charge in [-0.25, -0.2) is 8.42 Å². The van der Waals surface area contributed by atoms with Crippen LogP contribution in [0.1, 0.15) is 26.7 Å². The third-order valence-electron chi connectivity index (χ3n) is 3.59. The van der Waals surface area contributed by atoms with Crippen molar-refractivity contribution < 1.29 is 18.0 Å². The minimum Gasteiger partial charge on any atom is -0.343 e. The second kappa shape index (κ2) is 5.11. The third-order valence-corrected chi connectivity index (χ3v) is 5.34. The fraction of sp³-hybridized carbons (Fsp3) is 0.833. The number of carbonyl (C=O) groups is 2. The van der Waals surface area contributed by atoms with Crippen LogP contribution < -0.4 is 5.32 Å². The number of sulfone groups is 1.